The van der Waals surface area contributed by atoms with Crippen LogP contribution >= 0.6 is 11.8 Å². The summed E-state index contributed by atoms with van der Waals surface area (Å²) in [5, 5.41) is 0.575. The molecule has 4 aromatic rings. The van der Waals surface area contributed by atoms with Crippen LogP contribution < -0.4 is 15.0 Å². The first kappa shape index (κ1) is 28.7. The first-order valence-corrected chi connectivity index (χ1v) is 15.0. The van der Waals surface area contributed by atoms with Gasteiger partial charge in [-0.1, -0.05) is 104 Å². The van der Waals surface area contributed by atoms with Gasteiger partial charge in [-0.2, -0.15) is 14.1 Å². The van der Waals surface area contributed by atoms with Gasteiger partial charge in [0.1, 0.15) is 29.6 Å². The largest absolute Gasteiger partial charge is 0.473 e. The van der Waals surface area contributed by atoms with Crippen LogP contribution in [0.2, 0.25) is 0 Å². The van der Waals surface area contributed by atoms with Gasteiger partial charge in [-0.3, -0.25) is 0 Å². The summed E-state index contributed by atoms with van der Waals surface area (Å²) in [6, 6.07) is 15.5. The van der Waals surface area contributed by atoms with Crippen LogP contribution in [0.3, 0.4) is 0 Å². The van der Waals surface area contributed by atoms with E-state index in [1.54, 1.807) is 6.07 Å². The molecule has 39 heavy (non-hydrogen) atoms. The van der Waals surface area contributed by atoms with E-state index in [9.17, 15) is 0 Å². The number of thioether (sulfide) groups is 1. The molecule has 2 aromatic heterocycles. The van der Waals surface area contributed by atoms with Crippen molar-refractivity contribution in [1.29, 1.82) is 0 Å². The number of ether oxygens (including phenoxy) is 1. The number of anilines is 1. The minimum Gasteiger partial charge on any atom is -0.383 e. The summed E-state index contributed by atoms with van der Waals surface area (Å²) in [4.78, 5) is 8.98. The molecule has 4 rings (SSSR count). The maximum atomic E-state index is 6.73. The topological polar surface area (TPSA) is 69.8 Å². The minimum atomic E-state index is 0.328. The first-order valence-electron chi connectivity index (χ1n) is 13.8. The van der Waals surface area contributed by atoms with E-state index < -0.39 is 0 Å². The summed E-state index contributed by atoms with van der Waals surface area (Å²) in [5.74, 6) is 2.11. The van der Waals surface area contributed by atoms with Crippen LogP contribution in [0.15, 0.2) is 60.0 Å². The lowest BCUT2D eigenvalue weighted by Crippen LogP contribution is -2.34. The van der Waals surface area contributed by atoms with Crippen LogP contribution in [0.4, 0.5) is 5.82 Å². The van der Waals surface area contributed by atoms with Gasteiger partial charge in [0.25, 0.3) is 0 Å². The van der Waals surface area contributed by atoms with Crippen molar-refractivity contribution in [3.63, 3.8) is 0 Å². The van der Waals surface area contributed by atoms with Gasteiger partial charge in [-0.25, -0.2) is 4.98 Å². The van der Waals surface area contributed by atoms with E-state index in [1.807, 2.05) is 6.26 Å². The molecule has 0 unspecified atom stereocenters. The number of nitrogens with two attached hydrogens (primary N) is 1. The molecule has 0 saturated heterocycles. The Kier molecular flexibility index (Phi) is 8.70. The standard InChI is InChI=1S/C32H42N5OS/c1-19(2)23-12-10-13-24(20(3)4)29(23)36-16-17-37(30-25(21(5)6)14-11-15-26(30)22(7)8)32(36)38-28-18-27(33)34-31(35-28)39-9/h10-22H,1-9H3,(H2,33,34,35)/q+1. The van der Waals surface area contributed by atoms with Crippen molar-refractivity contribution in [3.05, 3.63) is 77.1 Å². The van der Waals surface area contributed by atoms with Crippen molar-refractivity contribution in [3.8, 4) is 23.3 Å². The molecular weight excluding hydrogens is 502 g/mol. The Bertz CT molecular complexity index is 1320. The van der Waals surface area contributed by atoms with Gasteiger partial charge < -0.3 is 10.5 Å². The normalized spacial score (nSPS) is 11.8. The van der Waals surface area contributed by atoms with Gasteiger partial charge in [0, 0.05) is 28.3 Å². The number of rotatable bonds is 9. The van der Waals surface area contributed by atoms with Gasteiger partial charge in [0.2, 0.25) is 5.88 Å². The van der Waals surface area contributed by atoms with Crippen LogP contribution in [0.25, 0.3) is 11.4 Å². The Morgan fingerprint density at radius 3 is 1.79 bits per heavy atom. The molecule has 206 valence electrons. The lowest BCUT2D eigenvalue weighted by Gasteiger charge is -2.19. The Labute approximate surface area is 237 Å². The van der Waals surface area contributed by atoms with Gasteiger partial charge in [0.05, 0.1) is 0 Å². The van der Waals surface area contributed by atoms with Crippen LogP contribution in [-0.4, -0.2) is 20.8 Å². The fourth-order valence-electron chi connectivity index (χ4n) is 5.05. The summed E-state index contributed by atoms with van der Waals surface area (Å²) >= 11 is 1.44. The highest BCUT2D eigenvalue weighted by atomic mass is 32.2. The number of benzene rings is 2. The molecule has 0 aliphatic rings. The second-order valence-electron chi connectivity index (χ2n) is 11.2. The average Bonchev–Trinajstić information content (AvgIpc) is 3.29. The highest BCUT2D eigenvalue weighted by Crippen LogP contribution is 2.36. The van der Waals surface area contributed by atoms with Gasteiger partial charge in [0.15, 0.2) is 5.16 Å². The molecule has 7 heteroatoms. The maximum Gasteiger partial charge on any atom is 0.473 e. The first-order chi connectivity index (χ1) is 18.5. The third-order valence-corrected chi connectivity index (χ3v) is 7.57. The van der Waals surface area contributed by atoms with E-state index in [0.29, 0.717) is 46.5 Å². The molecule has 6 nitrogen and oxygen atoms in total. The molecule has 0 bridgehead atoms. The molecule has 0 aliphatic heterocycles. The zero-order valence-corrected chi connectivity index (χ0v) is 25.5. The summed E-state index contributed by atoms with van der Waals surface area (Å²) in [7, 11) is 0. The molecule has 0 fully saturated rings. The Morgan fingerprint density at radius 2 is 1.31 bits per heavy atom. The van der Waals surface area contributed by atoms with Crippen LogP contribution in [-0.2, 0) is 0 Å². The molecule has 0 radical (unpaired) electrons. The second-order valence-corrected chi connectivity index (χ2v) is 12.0. The maximum absolute atomic E-state index is 6.73. The molecule has 0 saturated carbocycles. The molecule has 2 heterocycles. The van der Waals surface area contributed by atoms with Crippen molar-refractivity contribution in [2.24, 2.45) is 0 Å². The molecule has 0 atom stereocenters. The monoisotopic (exact) mass is 544 g/mol. The third kappa shape index (κ3) is 5.83. The van der Waals surface area contributed by atoms with Crippen molar-refractivity contribution in [1.82, 2.24) is 14.5 Å². The number of hydrogen-bond donors (Lipinski definition) is 1. The van der Waals surface area contributed by atoms with Crippen LogP contribution in [0.1, 0.15) is 101 Å². The minimum absolute atomic E-state index is 0.328. The number of imidazole rings is 1. The molecule has 0 aliphatic carbocycles. The lowest BCUT2D eigenvalue weighted by atomic mass is 9.92. The molecular formula is C32H42N5OS+. The smallest absolute Gasteiger partial charge is 0.383 e. The van der Waals surface area contributed by atoms with Gasteiger partial charge in [-0.15, -0.1) is 0 Å². The van der Waals surface area contributed by atoms with Crippen LogP contribution in [0, 0.1) is 0 Å². The molecule has 0 spiro atoms. The van der Waals surface area contributed by atoms with Gasteiger partial charge >= 0.3 is 6.01 Å². The molecule has 0 amide bonds. The second kappa shape index (κ2) is 11.8. The zero-order chi connectivity index (χ0) is 28.4. The fourth-order valence-corrected chi connectivity index (χ4v) is 5.43. The fraction of sp³-hybridized carbons (Fsp3) is 0.406. The zero-order valence-electron chi connectivity index (χ0n) is 24.7. The Balaban J connectivity index is 2.09. The number of hydrogen-bond acceptors (Lipinski definition) is 5. The number of para-hydroxylation sites is 2. The Hall–Kier alpha value is -3.32. The van der Waals surface area contributed by atoms with Gasteiger partial charge in [-0.05, 0) is 29.9 Å². The number of nitrogen functional groups attached to an aromatic ring is 1. The van der Waals surface area contributed by atoms with E-state index in [4.69, 9.17) is 10.5 Å². The van der Waals surface area contributed by atoms with Crippen molar-refractivity contribution in [2.45, 2.75) is 84.2 Å². The van der Waals surface area contributed by atoms with E-state index in [1.165, 1.54) is 34.0 Å². The van der Waals surface area contributed by atoms with Crippen molar-refractivity contribution in [2.75, 3.05) is 12.0 Å². The van der Waals surface area contributed by atoms with Crippen molar-refractivity contribution < 1.29 is 9.30 Å². The SMILES string of the molecule is CSc1nc(N)cc(Oc2n(-c3c(C(C)C)cccc3C(C)C)cc[n+]2-c2c(C(C)C)cccc2C(C)C)n1. The number of aromatic nitrogens is 4. The summed E-state index contributed by atoms with van der Waals surface area (Å²) in [6.45, 7) is 17.9. The van der Waals surface area contributed by atoms with Crippen LogP contribution in [0.5, 0.6) is 11.9 Å². The summed E-state index contributed by atoms with van der Waals surface area (Å²) in [6.07, 6.45) is 6.16. The van der Waals surface area contributed by atoms with E-state index >= 15 is 0 Å². The quantitative estimate of drug-likeness (QED) is 0.131. The predicted octanol–water partition coefficient (Wildman–Crippen LogP) is 8.13. The highest BCUT2D eigenvalue weighted by molar-refractivity contribution is 7.98. The molecule has 2 N–H and O–H groups in total. The van der Waals surface area contributed by atoms with E-state index in [-0.39, 0.29) is 0 Å². The number of nitrogens with zero attached hydrogens (tertiary/aromatic N) is 4. The average molecular weight is 545 g/mol. The van der Waals surface area contributed by atoms with Crippen molar-refractivity contribution >= 4 is 17.6 Å². The molecule has 2 aromatic carbocycles. The Morgan fingerprint density at radius 1 is 0.795 bits per heavy atom. The predicted molar refractivity (Wildman–Crippen MR) is 162 cm³/mol. The van der Waals surface area contributed by atoms with E-state index in [2.05, 4.69) is 123 Å². The third-order valence-electron chi connectivity index (χ3n) is 7.02. The highest BCUT2D eigenvalue weighted by Gasteiger charge is 2.32. The lowest BCUT2D eigenvalue weighted by molar-refractivity contribution is -0.602. The van der Waals surface area contributed by atoms with E-state index in [0.717, 1.165) is 11.4 Å². The summed E-state index contributed by atoms with van der Waals surface area (Å²) < 4.78 is 11.1. The summed E-state index contributed by atoms with van der Waals surface area (Å²) in [5.41, 5.74) is 13.5.